The molecule has 29 heavy (non-hydrogen) atoms. The van der Waals surface area contributed by atoms with Gasteiger partial charge in [-0.2, -0.15) is 4.31 Å². The Balaban J connectivity index is 1.53. The highest BCUT2D eigenvalue weighted by Crippen LogP contribution is 2.37. The van der Waals surface area contributed by atoms with Crippen molar-refractivity contribution in [3.8, 4) is 0 Å². The van der Waals surface area contributed by atoms with Crippen LogP contribution in [0.15, 0.2) is 52.3 Å². The number of rotatable bonds is 3. The van der Waals surface area contributed by atoms with Crippen molar-refractivity contribution in [2.24, 2.45) is 0 Å². The maximum absolute atomic E-state index is 13.2. The number of hydrogen-bond donors (Lipinski definition) is 0. The zero-order valence-electron chi connectivity index (χ0n) is 16.0. The quantitative estimate of drug-likeness (QED) is 0.716. The maximum atomic E-state index is 13.2. The molecule has 0 unspecified atom stereocenters. The van der Waals surface area contributed by atoms with Gasteiger partial charge in [0.2, 0.25) is 15.9 Å². The van der Waals surface area contributed by atoms with Gasteiger partial charge in [-0.1, -0.05) is 11.6 Å². The number of carbonyl (C=O) groups excluding carboxylic acids is 1. The van der Waals surface area contributed by atoms with E-state index in [1.165, 1.54) is 11.2 Å². The van der Waals surface area contributed by atoms with E-state index in [9.17, 15) is 13.2 Å². The van der Waals surface area contributed by atoms with Crippen molar-refractivity contribution in [3.05, 3.63) is 47.5 Å². The molecule has 1 amide bonds. The molecule has 2 heterocycles. The van der Waals surface area contributed by atoms with Gasteiger partial charge >= 0.3 is 0 Å². The summed E-state index contributed by atoms with van der Waals surface area (Å²) in [7, 11) is -3.62. The Morgan fingerprint density at radius 3 is 2.34 bits per heavy atom. The predicted octanol–water partition coefficient (Wildman–Crippen LogP) is 3.31. The molecular formula is C20H22ClN3O3S2. The van der Waals surface area contributed by atoms with Crippen LogP contribution in [0.3, 0.4) is 0 Å². The van der Waals surface area contributed by atoms with Crippen molar-refractivity contribution in [3.63, 3.8) is 0 Å². The van der Waals surface area contributed by atoms with Gasteiger partial charge in [-0.3, -0.25) is 4.79 Å². The fourth-order valence-corrected chi connectivity index (χ4v) is 6.22. The second-order valence-electron chi connectivity index (χ2n) is 7.02. The van der Waals surface area contributed by atoms with E-state index in [0.717, 1.165) is 16.3 Å². The minimum atomic E-state index is -3.62. The van der Waals surface area contributed by atoms with Crippen molar-refractivity contribution < 1.29 is 13.2 Å². The van der Waals surface area contributed by atoms with Crippen molar-refractivity contribution in [1.29, 1.82) is 0 Å². The second kappa shape index (κ2) is 8.18. The highest BCUT2D eigenvalue weighted by atomic mass is 35.5. The van der Waals surface area contributed by atoms with Gasteiger partial charge in [-0.05, 0) is 42.5 Å². The van der Waals surface area contributed by atoms with Gasteiger partial charge in [0.25, 0.3) is 0 Å². The zero-order chi connectivity index (χ0) is 20.6. The molecule has 0 aromatic heterocycles. The summed E-state index contributed by atoms with van der Waals surface area (Å²) in [4.78, 5) is 17.0. The first-order valence-electron chi connectivity index (χ1n) is 9.42. The van der Waals surface area contributed by atoms with E-state index in [1.54, 1.807) is 28.8 Å². The first kappa shape index (κ1) is 20.5. The lowest BCUT2D eigenvalue weighted by molar-refractivity contribution is -0.116. The van der Waals surface area contributed by atoms with Crippen LogP contribution in [0.25, 0.3) is 0 Å². The summed E-state index contributed by atoms with van der Waals surface area (Å²) in [5.41, 5.74) is 1.73. The van der Waals surface area contributed by atoms with E-state index < -0.39 is 10.0 Å². The number of amides is 1. The molecule has 0 spiro atoms. The highest BCUT2D eigenvalue weighted by Gasteiger charge is 2.30. The molecule has 0 atom stereocenters. The maximum Gasteiger partial charge on any atom is 0.243 e. The van der Waals surface area contributed by atoms with E-state index in [-0.39, 0.29) is 10.8 Å². The normalized spacial score (nSPS) is 17.9. The number of anilines is 2. The highest BCUT2D eigenvalue weighted by molar-refractivity contribution is 7.99. The van der Waals surface area contributed by atoms with Crippen LogP contribution in [-0.4, -0.2) is 57.1 Å². The molecule has 4 rings (SSSR count). The third-order valence-corrected chi connectivity index (χ3v) is 8.43. The molecule has 2 aromatic rings. The molecular weight excluding hydrogens is 430 g/mol. The predicted molar refractivity (Wildman–Crippen MR) is 118 cm³/mol. The molecule has 1 fully saturated rings. The molecule has 9 heteroatoms. The summed E-state index contributed by atoms with van der Waals surface area (Å²) in [6, 6.07) is 12.7. The Kier molecular flexibility index (Phi) is 5.79. The van der Waals surface area contributed by atoms with Crippen molar-refractivity contribution in [1.82, 2.24) is 4.31 Å². The first-order chi connectivity index (χ1) is 13.9. The average molecular weight is 452 g/mol. The van der Waals surface area contributed by atoms with Crippen LogP contribution in [0.1, 0.15) is 6.92 Å². The van der Waals surface area contributed by atoms with Crippen LogP contribution >= 0.6 is 23.4 Å². The largest absolute Gasteiger partial charge is 0.369 e. The van der Waals surface area contributed by atoms with Crippen LogP contribution in [0.2, 0.25) is 5.02 Å². The standard InChI is InChI=1S/C20H22ClN3O3S2/c1-15(25)24-12-13-28-20-7-6-18(14-19(20)24)29(26,27)23-10-8-22(9-11-23)17-4-2-16(21)3-5-17/h2-7,14H,8-13H2,1H3. The number of sulfonamides is 1. The SMILES string of the molecule is CC(=O)N1CCSc2ccc(S(=O)(=O)N3CCN(c4ccc(Cl)cc4)CC3)cc21. The lowest BCUT2D eigenvalue weighted by atomic mass is 10.2. The summed E-state index contributed by atoms with van der Waals surface area (Å²) in [6.07, 6.45) is 0. The number of thioether (sulfide) groups is 1. The number of piperazine rings is 1. The molecule has 2 aliphatic heterocycles. The van der Waals surface area contributed by atoms with E-state index >= 15 is 0 Å². The van der Waals surface area contributed by atoms with Gasteiger partial charge in [0.1, 0.15) is 0 Å². The van der Waals surface area contributed by atoms with Crippen LogP contribution in [-0.2, 0) is 14.8 Å². The van der Waals surface area contributed by atoms with Crippen molar-refractivity contribution in [2.45, 2.75) is 16.7 Å². The summed E-state index contributed by atoms with van der Waals surface area (Å²) in [5, 5.41) is 0.681. The Hall–Kier alpha value is -1.74. The topological polar surface area (TPSA) is 60.9 Å². The number of nitrogens with zero attached hydrogens (tertiary/aromatic N) is 3. The molecule has 2 aromatic carbocycles. The minimum absolute atomic E-state index is 0.0716. The molecule has 0 N–H and O–H groups in total. The fourth-order valence-electron chi connectivity index (χ4n) is 3.67. The first-order valence-corrected chi connectivity index (χ1v) is 12.2. The average Bonchev–Trinajstić information content (AvgIpc) is 2.73. The minimum Gasteiger partial charge on any atom is -0.369 e. The number of hydrogen-bond acceptors (Lipinski definition) is 5. The van der Waals surface area contributed by atoms with Crippen LogP contribution in [0.5, 0.6) is 0 Å². The summed E-state index contributed by atoms with van der Waals surface area (Å²) < 4.78 is 28.0. The number of benzene rings is 2. The van der Waals surface area contributed by atoms with E-state index in [2.05, 4.69) is 4.90 Å². The number of carbonyl (C=O) groups is 1. The van der Waals surface area contributed by atoms with Gasteiger partial charge in [0.15, 0.2) is 0 Å². The van der Waals surface area contributed by atoms with E-state index in [4.69, 9.17) is 11.6 Å². The molecule has 154 valence electrons. The number of halogens is 1. The van der Waals surface area contributed by atoms with Crippen molar-refractivity contribution in [2.75, 3.05) is 48.3 Å². The molecule has 0 bridgehead atoms. The van der Waals surface area contributed by atoms with Crippen LogP contribution in [0.4, 0.5) is 11.4 Å². The lowest BCUT2D eigenvalue weighted by Gasteiger charge is -2.35. The van der Waals surface area contributed by atoms with Gasteiger partial charge in [-0.15, -0.1) is 11.8 Å². The molecule has 0 aliphatic carbocycles. The van der Waals surface area contributed by atoms with Gasteiger partial charge in [0, 0.05) is 61.0 Å². The third kappa shape index (κ3) is 4.12. The molecule has 2 aliphatic rings. The molecule has 1 saturated heterocycles. The Morgan fingerprint density at radius 2 is 1.69 bits per heavy atom. The molecule has 0 radical (unpaired) electrons. The Bertz CT molecular complexity index is 1020. The monoisotopic (exact) mass is 451 g/mol. The second-order valence-corrected chi connectivity index (χ2v) is 10.5. The van der Waals surface area contributed by atoms with Crippen molar-refractivity contribution >= 4 is 50.7 Å². The zero-order valence-corrected chi connectivity index (χ0v) is 18.4. The van der Waals surface area contributed by atoms with E-state index in [1.807, 2.05) is 30.3 Å². The van der Waals surface area contributed by atoms with Crippen LogP contribution in [0, 0.1) is 0 Å². The summed E-state index contributed by atoms with van der Waals surface area (Å²) in [5.74, 6) is 0.739. The summed E-state index contributed by atoms with van der Waals surface area (Å²) in [6.45, 7) is 4.15. The van der Waals surface area contributed by atoms with E-state index in [0.29, 0.717) is 43.4 Å². The summed E-state index contributed by atoms with van der Waals surface area (Å²) >= 11 is 7.59. The molecule has 6 nitrogen and oxygen atoms in total. The fraction of sp³-hybridized carbons (Fsp3) is 0.350. The lowest BCUT2D eigenvalue weighted by Crippen LogP contribution is -2.48. The Labute approximate surface area is 180 Å². The van der Waals surface area contributed by atoms with Gasteiger partial charge in [-0.25, -0.2) is 8.42 Å². The third-order valence-electron chi connectivity index (χ3n) is 5.24. The molecule has 0 saturated carbocycles. The van der Waals surface area contributed by atoms with Gasteiger partial charge in [0.05, 0.1) is 10.6 Å². The van der Waals surface area contributed by atoms with Crippen LogP contribution < -0.4 is 9.80 Å². The Morgan fingerprint density at radius 1 is 1.00 bits per heavy atom. The number of fused-ring (bicyclic) bond motifs is 1. The van der Waals surface area contributed by atoms with Gasteiger partial charge < -0.3 is 9.80 Å². The smallest absolute Gasteiger partial charge is 0.243 e.